The predicted octanol–water partition coefficient (Wildman–Crippen LogP) is 3.97. The van der Waals surface area contributed by atoms with Gasteiger partial charge in [0.2, 0.25) is 0 Å². The number of halogens is 1. The third kappa shape index (κ3) is 4.80. The first-order valence-corrected chi connectivity index (χ1v) is 8.82. The topological polar surface area (TPSA) is 48.5 Å². The van der Waals surface area contributed by atoms with E-state index < -0.39 is 0 Å². The zero-order valence-electron chi connectivity index (χ0n) is 15.5. The molecule has 6 heteroatoms. The minimum atomic E-state index is -0.313. The van der Waals surface area contributed by atoms with Crippen LogP contribution in [0.25, 0.3) is 10.9 Å². The molecule has 0 unspecified atom stereocenters. The number of hydrogen-bond acceptors (Lipinski definition) is 3. The van der Waals surface area contributed by atoms with E-state index in [2.05, 4.69) is 10.3 Å². The Kier molecular flexibility index (Phi) is 5.98. The maximum atomic E-state index is 14.1. The number of amides is 2. The van der Waals surface area contributed by atoms with E-state index in [0.717, 1.165) is 10.9 Å². The smallest absolute Gasteiger partial charge is 0.319 e. The van der Waals surface area contributed by atoms with Crippen molar-refractivity contribution in [3.8, 4) is 0 Å². The lowest BCUT2D eigenvalue weighted by atomic mass is 10.2. The maximum Gasteiger partial charge on any atom is 0.322 e. The number of para-hydroxylation sites is 1. The molecular weight excluding hydrogens is 343 g/mol. The predicted molar refractivity (Wildman–Crippen MR) is 106 cm³/mol. The van der Waals surface area contributed by atoms with Gasteiger partial charge in [-0.25, -0.2) is 9.18 Å². The van der Waals surface area contributed by atoms with Crippen LogP contribution in [-0.2, 0) is 6.54 Å². The number of pyridine rings is 1. The standard InChI is InChI=1S/C21H23FN4O/c1-25(2)13-14-26(15-17-7-3-4-10-18(17)22)21(27)24-19-11-5-8-16-9-6-12-23-20(16)19/h3-12H,13-15H2,1-2H3,(H,24,27). The molecule has 3 aromatic rings. The molecule has 0 aliphatic rings. The Bertz CT molecular complexity index is 923. The molecule has 0 fully saturated rings. The summed E-state index contributed by atoms with van der Waals surface area (Å²) in [6.07, 6.45) is 1.70. The minimum Gasteiger partial charge on any atom is -0.319 e. The fraction of sp³-hybridized carbons (Fsp3) is 0.238. The zero-order chi connectivity index (χ0) is 19.2. The van der Waals surface area contributed by atoms with Crippen molar-refractivity contribution in [3.05, 3.63) is 72.2 Å². The van der Waals surface area contributed by atoms with Crippen molar-refractivity contribution in [3.63, 3.8) is 0 Å². The highest BCUT2D eigenvalue weighted by molar-refractivity contribution is 5.99. The first-order chi connectivity index (χ1) is 13.0. The number of aromatic nitrogens is 1. The molecule has 27 heavy (non-hydrogen) atoms. The van der Waals surface area contributed by atoms with E-state index in [4.69, 9.17) is 0 Å². The van der Waals surface area contributed by atoms with Crippen LogP contribution in [-0.4, -0.2) is 48.0 Å². The summed E-state index contributed by atoms with van der Waals surface area (Å²) < 4.78 is 14.1. The Labute approximate surface area is 158 Å². The van der Waals surface area contributed by atoms with E-state index in [1.807, 2.05) is 49.3 Å². The molecule has 0 bridgehead atoms. The van der Waals surface area contributed by atoms with E-state index in [9.17, 15) is 9.18 Å². The van der Waals surface area contributed by atoms with Gasteiger partial charge < -0.3 is 15.1 Å². The van der Waals surface area contributed by atoms with Gasteiger partial charge in [-0.3, -0.25) is 4.98 Å². The summed E-state index contributed by atoms with van der Waals surface area (Å²) in [5.74, 6) is -0.313. The largest absolute Gasteiger partial charge is 0.322 e. The molecule has 1 N–H and O–H groups in total. The van der Waals surface area contributed by atoms with Gasteiger partial charge in [-0.1, -0.05) is 36.4 Å². The first-order valence-electron chi connectivity index (χ1n) is 8.82. The molecule has 3 rings (SSSR count). The second-order valence-electron chi connectivity index (χ2n) is 6.63. The Morgan fingerprint density at radius 3 is 2.59 bits per heavy atom. The van der Waals surface area contributed by atoms with Crippen molar-refractivity contribution in [2.24, 2.45) is 0 Å². The second kappa shape index (κ2) is 8.60. The van der Waals surface area contributed by atoms with E-state index in [0.29, 0.717) is 24.3 Å². The van der Waals surface area contributed by atoms with E-state index in [-0.39, 0.29) is 18.4 Å². The summed E-state index contributed by atoms with van der Waals surface area (Å²) in [7, 11) is 3.88. The molecule has 0 saturated carbocycles. The SMILES string of the molecule is CN(C)CCN(Cc1ccccc1F)C(=O)Nc1cccc2cccnc12. The molecule has 5 nitrogen and oxygen atoms in total. The number of hydrogen-bond donors (Lipinski definition) is 1. The number of carbonyl (C=O) groups is 1. The number of fused-ring (bicyclic) bond motifs is 1. The van der Waals surface area contributed by atoms with Gasteiger partial charge in [-0.2, -0.15) is 0 Å². The molecule has 140 valence electrons. The molecule has 0 radical (unpaired) electrons. The van der Waals surface area contributed by atoms with Gasteiger partial charge in [-0.15, -0.1) is 0 Å². The lowest BCUT2D eigenvalue weighted by Crippen LogP contribution is -2.39. The summed E-state index contributed by atoms with van der Waals surface area (Å²) in [6, 6.07) is 15.7. The van der Waals surface area contributed by atoms with Gasteiger partial charge in [0.1, 0.15) is 5.82 Å². The first kappa shape index (κ1) is 18.8. The number of rotatable bonds is 6. The number of urea groups is 1. The van der Waals surface area contributed by atoms with Crippen LogP contribution in [0.5, 0.6) is 0 Å². The lowest BCUT2D eigenvalue weighted by molar-refractivity contribution is 0.201. The van der Waals surface area contributed by atoms with Crippen LogP contribution in [0.15, 0.2) is 60.8 Å². The Hall–Kier alpha value is -2.99. The van der Waals surface area contributed by atoms with E-state index in [1.54, 1.807) is 29.3 Å². The molecule has 0 spiro atoms. The number of carbonyl (C=O) groups excluding carboxylic acids is 1. The highest BCUT2D eigenvalue weighted by Gasteiger charge is 2.17. The van der Waals surface area contributed by atoms with Gasteiger partial charge in [0.15, 0.2) is 0 Å². The monoisotopic (exact) mass is 366 g/mol. The van der Waals surface area contributed by atoms with Gasteiger partial charge >= 0.3 is 6.03 Å². The van der Waals surface area contributed by atoms with Gasteiger partial charge in [0.25, 0.3) is 0 Å². The molecule has 1 aromatic heterocycles. The molecule has 2 amide bonds. The highest BCUT2D eigenvalue weighted by atomic mass is 19.1. The van der Waals surface area contributed by atoms with Gasteiger partial charge in [0, 0.05) is 30.2 Å². The zero-order valence-corrected chi connectivity index (χ0v) is 15.5. The number of nitrogens with one attached hydrogen (secondary N) is 1. The van der Waals surface area contributed by atoms with Crippen LogP contribution in [0, 0.1) is 5.82 Å². The fourth-order valence-corrected chi connectivity index (χ4v) is 2.80. The summed E-state index contributed by atoms with van der Waals surface area (Å²) >= 11 is 0. The molecule has 0 atom stereocenters. The van der Waals surface area contributed by atoms with Crippen LogP contribution < -0.4 is 5.32 Å². The van der Waals surface area contributed by atoms with Crippen LogP contribution >= 0.6 is 0 Å². The average Bonchev–Trinajstić information content (AvgIpc) is 2.66. The highest BCUT2D eigenvalue weighted by Crippen LogP contribution is 2.21. The molecule has 0 aliphatic carbocycles. The van der Waals surface area contributed by atoms with Crippen LogP contribution in [0.1, 0.15) is 5.56 Å². The fourth-order valence-electron chi connectivity index (χ4n) is 2.80. The number of anilines is 1. The number of nitrogens with zero attached hydrogens (tertiary/aromatic N) is 3. The van der Waals surface area contributed by atoms with Crippen molar-refractivity contribution < 1.29 is 9.18 Å². The second-order valence-corrected chi connectivity index (χ2v) is 6.63. The molecular formula is C21H23FN4O. The van der Waals surface area contributed by atoms with Crippen LogP contribution in [0.2, 0.25) is 0 Å². The van der Waals surface area contributed by atoms with E-state index >= 15 is 0 Å². The Morgan fingerprint density at radius 1 is 1.04 bits per heavy atom. The lowest BCUT2D eigenvalue weighted by Gasteiger charge is -2.25. The Morgan fingerprint density at radius 2 is 1.81 bits per heavy atom. The minimum absolute atomic E-state index is 0.199. The van der Waals surface area contributed by atoms with Gasteiger partial charge in [0.05, 0.1) is 17.7 Å². The number of benzene rings is 2. The summed E-state index contributed by atoms with van der Waals surface area (Å²) in [5.41, 5.74) is 1.86. The molecule has 0 saturated heterocycles. The Balaban J connectivity index is 1.82. The molecule has 1 heterocycles. The van der Waals surface area contributed by atoms with Crippen molar-refractivity contribution in [2.75, 3.05) is 32.5 Å². The van der Waals surface area contributed by atoms with Crippen molar-refractivity contribution in [1.29, 1.82) is 0 Å². The summed E-state index contributed by atoms with van der Waals surface area (Å²) in [5, 5.41) is 3.88. The third-order valence-electron chi connectivity index (χ3n) is 4.30. The third-order valence-corrected chi connectivity index (χ3v) is 4.30. The van der Waals surface area contributed by atoms with Crippen molar-refractivity contribution in [1.82, 2.24) is 14.8 Å². The van der Waals surface area contributed by atoms with Crippen molar-refractivity contribution in [2.45, 2.75) is 6.54 Å². The average molecular weight is 366 g/mol. The van der Waals surface area contributed by atoms with Crippen LogP contribution in [0.4, 0.5) is 14.9 Å². The maximum absolute atomic E-state index is 14.1. The van der Waals surface area contributed by atoms with Crippen LogP contribution in [0.3, 0.4) is 0 Å². The normalized spacial score (nSPS) is 11.0. The van der Waals surface area contributed by atoms with Crippen molar-refractivity contribution >= 4 is 22.6 Å². The number of likely N-dealkylation sites (N-methyl/N-ethyl adjacent to an activating group) is 1. The molecule has 2 aromatic carbocycles. The summed E-state index contributed by atoms with van der Waals surface area (Å²) in [4.78, 5) is 20.9. The molecule has 0 aliphatic heterocycles. The van der Waals surface area contributed by atoms with Gasteiger partial charge in [-0.05, 0) is 32.3 Å². The summed E-state index contributed by atoms with van der Waals surface area (Å²) in [6.45, 7) is 1.35. The quantitative estimate of drug-likeness (QED) is 0.718. The van der Waals surface area contributed by atoms with E-state index in [1.165, 1.54) is 6.07 Å².